The number of nitrogens with zero attached hydrogens (tertiary/aromatic N) is 1. The number of aliphatic hydroxyl groups is 1. The number of nitrogens with one attached hydrogen (secondary N) is 1. The summed E-state index contributed by atoms with van der Waals surface area (Å²) in [6, 6.07) is 4.42. The third-order valence-corrected chi connectivity index (χ3v) is 4.49. The maximum Gasteiger partial charge on any atom is 0.101 e. The van der Waals surface area contributed by atoms with Gasteiger partial charge in [-0.15, -0.1) is 11.3 Å². The van der Waals surface area contributed by atoms with Gasteiger partial charge in [0.25, 0.3) is 0 Å². The number of likely N-dealkylation sites (tertiary alicyclic amines) is 1. The minimum Gasteiger partial charge on any atom is -0.386 e. The first kappa shape index (κ1) is 14.0. The van der Waals surface area contributed by atoms with Crippen molar-refractivity contribution in [1.82, 2.24) is 10.2 Å². The second-order valence-corrected chi connectivity index (χ2v) is 6.18. The molecule has 0 saturated carbocycles. The Morgan fingerprint density at radius 2 is 2.17 bits per heavy atom. The van der Waals surface area contributed by atoms with E-state index in [1.54, 1.807) is 11.3 Å². The average Bonchev–Trinajstić information content (AvgIpc) is 2.91. The molecule has 2 N–H and O–H groups in total. The Morgan fingerprint density at radius 1 is 1.39 bits per heavy atom. The van der Waals surface area contributed by atoms with Gasteiger partial charge in [-0.05, 0) is 44.3 Å². The Balaban J connectivity index is 1.66. The molecule has 102 valence electrons. The Labute approximate surface area is 114 Å². The van der Waals surface area contributed by atoms with E-state index in [1.807, 2.05) is 17.5 Å². The highest BCUT2D eigenvalue weighted by atomic mass is 32.1. The van der Waals surface area contributed by atoms with Crippen LogP contribution in [-0.2, 0) is 0 Å². The monoisotopic (exact) mass is 268 g/mol. The van der Waals surface area contributed by atoms with Gasteiger partial charge < -0.3 is 15.3 Å². The topological polar surface area (TPSA) is 35.5 Å². The van der Waals surface area contributed by atoms with E-state index < -0.39 is 0 Å². The quantitative estimate of drug-likeness (QED) is 0.830. The summed E-state index contributed by atoms with van der Waals surface area (Å²) in [5.74, 6) is 0. The van der Waals surface area contributed by atoms with Gasteiger partial charge in [0.1, 0.15) is 6.10 Å². The number of rotatable bonds is 6. The molecule has 1 fully saturated rings. The largest absolute Gasteiger partial charge is 0.386 e. The number of thiophene rings is 1. The molecule has 0 bridgehead atoms. The Bertz CT molecular complexity index is 323. The minimum absolute atomic E-state index is 0.367. The van der Waals surface area contributed by atoms with Crippen molar-refractivity contribution in [3.8, 4) is 0 Å². The molecule has 0 spiro atoms. The number of hydrogen-bond acceptors (Lipinski definition) is 4. The van der Waals surface area contributed by atoms with Crippen molar-refractivity contribution in [2.24, 2.45) is 0 Å². The molecular formula is C14H24N2OS. The summed E-state index contributed by atoms with van der Waals surface area (Å²) in [6.07, 6.45) is 3.69. The lowest BCUT2D eigenvalue weighted by Crippen LogP contribution is -2.42. The summed E-state index contributed by atoms with van der Waals surface area (Å²) in [7, 11) is 0. The smallest absolute Gasteiger partial charge is 0.101 e. The molecule has 4 heteroatoms. The molecule has 3 nitrogen and oxygen atoms in total. The van der Waals surface area contributed by atoms with E-state index in [2.05, 4.69) is 17.1 Å². The number of aliphatic hydroxyl groups excluding tert-OH is 1. The molecule has 2 rings (SSSR count). The Kier molecular flexibility index (Phi) is 5.63. The molecule has 1 aliphatic rings. The molecule has 2 unspecified atom stereocenters. The van der Waals surface area contributed by atoms with Crippen LogP contribution in [0.1, 0.15) is 37.2 Å². The van der Waals surface area contributed by atoms with E-state index >= 15 is 0 Å². The highest BCUT2D eigenvalue weighted by molar-refractivity contribution is 7.10. The zero-order valence-corrected chi connectivity index (χ0v) is 12.0. The standard InChI is InChI=1S/C14H24N2OS/c1-12(11-16-7-3-2-4-8-16)15-10-13(17)14-6-5-9-18-14/h5-6,9,12-13,15,17H,2-4,7-8,10-11H2,1H3. The third kappa shape index (κ3) is 4.35. The van der Waals surface area contributed by atoms with Crippen LogP contribution in [-0.4, -0.2) is 42.2 Å². The zero-order chi connectivity index (χ0) is 12.8. The minimum atomic E-state index is -0.367. The molecule has 2 atom stereocenters. The molecule has 1 aromatic heterocycles. The normalized spacial score (nSPS) is 20.8. The number of piperidine rings is 1. The Hall–Kier alpha value is -0.420. The van der Waals surface area contributed by atoms with Crippen molar-refractivity contribution in [1.29, 1.82) is 0 Å². The summed E-state index contributed by atoms with van der Waals surface area (Å²) >= 11 is 1.62. The van der Waals surface area contributed by atoms with Gasteiger partial charge in [-0.25, -0.2) is 0 Å². The van der Waals surface area contributed by atoms with E-state index in [4.69, 9.17) is 0 Å². The van der Waals surface area contributed by atoms with Gasteiger partial charge in [-0.1, -0.05) is 12.5 Å². The molecule has 2 heterocycles. The van der Waals surface area contributed by atoms with Crippen LogP contribution in [0, 0.1) is 0 Å². The van der Waals surface area contributed by atoms with Crippen LogP contribution in [0.3, 0.4) is 0 Å². The van der Waals surface area contributed by atoms with Crippen molar-refractivity contribution in [2.45, 2.75) is 38.3 Å². The second kappa shape index (κ2) is 7.24. The lowest BCUT2D eigenvalue weighted by molar-refractivity contribution is 0.162. The summed E-state index contributed by atoms with van der Waals surface area (Å²) in [4.78, 5) is 3.58. The molecule has 0 aliphatic carbocycles. The van der Waals surface area contributed by atoms with Crippen LogP contribution < -0.4 is 5.32 Å². The first-order valence-corrected chi connectivity index (χ1v) is 7.81. The van der Waals surface area contributed by atoms with Crippen molar-refractivity contribution in [3.63, 3.8) is 0 Å². The molecule has 0 amide bonds. The second-order valence-electron chi connectivity index (χ2n) is 5.20. The van der Waals surface area contributed by atoms with Crippen LogP contribution in [0.2, 0.25) is 0 Å². The van der Waals surface area contributed by atoms with Crippen LogP contribution in [0.5, 0.6) is 0 Å². The van der Waals surface area contributed by atoms with Gasteiger partial charge in [0.05, 0.1) is 0 Å². The maximum absolute atomic E-state index is 10.00. The fourth-order valence-electron chi connectivity index (χ4n) is 2.49. The van der Waals surface area contributed by atoms with Crippen LogP contribution in [0.4, 0.5) is 0 Å². The predicted octanol–water partition coefficient (Wildman–Crippen LogP) is 2.25. The molecule has 18 heavy (non-hydrogen) atoms. The van der Waals surface area contributed by atoms with E-state index in [9.17, 15) is 5.11 Å². The fourth-order valence-corrected chi connectivity index (χ4v) is 3.20. The zero-order valence-electron chi connectivity index (χ0n) is 11.1. The molecular weight excluding hydrogens is 244 g/mol. The third-order valence-electron chi connectivity index (χ3n) is 3.51. The van der Waals surface area contributed by atoms with Gasteiger partial charge >= 0.3 is 0 Å². The van der Waals surface area contributed by atoms with Gasteiger partial charge in [-0.3, -0.25) is 0 Å². The molecule has 1 aromatic rings. The van der Waals surface area contributed by atoms with Gasteiger partial charge in [-0.2, -0.15) is 0 Å². The highest BCUT2D eigenvalue weighted by Gasteiger charge is 2.14. The number of hydrogen-bond donors (Lipinski definition) is 2. The fraction of sp³-hybridized carbons (Fsp3) is 0.714. The average molecular weight is 268 g/mol. The lowest BCUT2D eigenvalue weighted by atomic mass is 10.1. The predicted molar refractivity (Wildman–Crippen MR) is 77.0 cm³/mol. The van der Waals surface area contributed by atoms with Crippen molar-refractivity contribution < 1.29 is 5.11 Å². The summed E-state index contributed by atoms with van der Waals surface area (Å²) in [6.45, 7) is 6.42. The first-order chi connectivity index (χ1) is 8.75. The Morgan fingerprint density at radius 3 is 2.83 bits per heavy atom. The summed E-state index contributed by atoms with van der Waals surface area (Å²) in [5.41, 5.74) is 0. The van der Waals surface area contributed by atoms with E-state index in [-0.39, 0.29) is 6.10 Å². The molecule has 0 aromatic carbocycles. The van der Waals surface area contributed by atoms with Crippen molar-refractivity contribution >= 4 is 11.3 Å². The summed E-state index contributed by atoms with van der Waals surface area (Å²) < 4.78 is 0. The SMILES string of the molecule is CC(CN1CCCCC1)NCC(O)c1cccs1. The van der Waals surface area contributed by atoms with Gasteiger partial charge in [0.15, 0.2) is 0 Å². The molecule has 0 radical (unpaired) electrons. The summed E-state index contributed by atoms with van der Waals surface area (Å²) in [5, 5.41) is 15.4. The van der Waals surface area contributed by atoms with Crippen LogP contribution in [0.15, 0.2) is 17.5 Å². The van der Waals surface area contributed by atoms with Gasteiger partial charge in [0, 0.05) is 24.0 Å². The van der Waals surface area contributed by atoms with Crippen molar-refractivity contribution in [2.75, 3.05) is 26.2 Å². The van der Waals surface area contributed by atoms with E-state index in [0.717, 1.165) is 11.4 Å². The van der Waals surface area contributed by atoms with Gasteiger partial charge in [0.2, 0.25) is 0 Å². The van der Waals surface area contributed by atoms with E-state index in [0.29, 0.717) is 12.6 Å². The van der Waals surface area contributed by atoms with Crippen LogP contribution in [0.25, 0.3) is 0 Å². The van der Waals surface area contributed by atoms with E-state index in [1.165, 1.54) is 32.4 Å². The van der Waals surface area contributed by atoms with Crippen molar-refractivity contribution in [3.05, 3.63) is 22.4 Å². The maximum atomic E-state index is 10.00. The molecule has 1 aliphatic heterocycles. The van der Waals surface area contributed by atoms with Crippen LogP contribution >= 0.6 is 11.3 Å². The highest BCUT2D eigenvalue weighted by Crippen LogP contribution is 2.17. The lowest BCUT2D eigenvalue weighted by Gasteiger charge is -2.29. The first-order valence-electron chi connectivity index (χ1n) is 6.93. The molecule has 1 saturated heterocycles.